The molecular formula is C18H17F3N4O3. The minimum Gasteiger partial charge on any atom is -0.497 e. The van der Waals surface area contributed by atoms with E-state index in [0.717, 1.165) is 10.9 Å². The Morgan fingerprint density at radius 1 is 1.25 bits per heavy atom. The molecule has 148 valence electrons. The van der Waals surface area contributed by atoms with Gasteiger partial charge in [-0.3, -0.25) is 4.79 Å². The summed E-state index contributed by atoms with van der Waals surface area (Å²) in [6, 6.07) is 7.26. The van der Waals surface area contributed by atoms with Gasteiger partial charge in [-0.05, 0) is 31.0 Å². The van der Waals surface area contributed by atoms with Gasteiger partial charge in [0.15, 0.2) is 0 Å². The SMILES string of the molecule is COc1ccc2cc(C(=O)N3CCC(c4nnc(C(F)(F)F)o4)CC3)[nH]c2c1. The summed E-state index contributed by atoms with van der Waals surface area (Å²) >= 11 is 0. The van der Waals surface area contributed by atoms with Crippen LogP contribution in [0.1, 0.15) is 41.0 Å². The molecule has 7 nitrogen and oxygen atoms in total. The number of benzene rings is 1. The molecule has 0 unspecified atom stereocenters. The molecule has 1 aliphatic rings. The molecule has 1 aromatic carbocycles. The number of rotatable bonds is 3. The zero-order valence-electron chi connectivity index (χ0n) is 14.9. The standard InChI is InChI=1S/C18H17F3N4O3/c1-27-12-3-2-11-8-14(22-13(11)9-12)16(26)25-6-4-10(5-7-25)15-23-24-17(28-15)18(19,20)21/h2-3,8-10,22H,4-7H2,1H3. The third-order valence-corrected chi connectivity index (χ3v) is 4.87. The molecule has 0 atom stereocenters. The Morgan fingerprint density at radius 2 is 2.00 bits per heavy atom. The number of piperidine rings is 1. The van der Waals surface area contributed by atoms with Crippen molar-refractivity contribution in [2.45, 2.75) is 24.9 Å². The number of methoxy groups -OCH3 is 1. The summed E-state index contributed by atoms with van der Waals surface area (Å²) in [5.41, 5.74) is 1.25. The van der Waals surface area contributed by atoms with Gasteiger partial charge in [-0.2, -0.15) is 13.2 Å². The first-order chi connectivity index (χ1) is 13.3. The first kappa shape index (κ1) is 18.3. The topological polar surface area (TPSA) is 84.2 Å². The van der Waals surface area contributed by atoms with Crippen molar-refractivity contribution in [2.24, 2.45) is 0 Å². The van der Waals surface area contributed by atoms with E-state index < -0.39 is 12.1 Å². The Hall–Kier alpha value is -3.04. The predicted octanol–water partition coefficient (Wildman–Crippen LogP) is 3.60. The molecule has 4 rings (SSSR count). The van der Waals surface area contributed by atoms with Crippen molar-refractivity contribution in [1.82, 2.24) is 20.1 Å². The van der Waals surface area contributed by atoms with Crippen molar-refractivity contribution < 1.29 is 27.1 Å². The number of carbonyl (C=O) groups excluding carboxylic acids is 1. The zero-order valence-corrected chi connectivity index (χ0v) is 14.9. The van der Waals surface area contributed by atoms with Crippen LogP contribution in [0.4, 0.5) is 13.2 Å². The summed E-state index contributed by atoms with van der Waals surface area (Å²) in [5.74, 6) is -1.13. The van der Waals surface area contributed by atoms with Gasteiger partial charge in [0.05, 0.1) is 7.11 Å². The van der Waals surface area contributed by atoms with Crippen molar-refractivity contribution in [2.75, 3.05) is 20.2 Å². The molecule has 1 saturated heterocycles. The van der Waals surface area contributed by atoms with Crippen LogP contribution in [-0.4, -0.2) is 46.2 Å². The molecule has 1 fully saturated rings. The Kier molecular flexibility index (Phi) is 4.48. The van der Waals surface area contributed by atoms with E-state index in [2.05, 4.69) is 15.2 Å². The third kappa shape index (κ3) is 3.41. The number of H-pyrrole nitrogens is 1. The van der Waals surface area contributed by atoms with E-state index in [9.17, 15) is 18.0 Å². The number of fused-ring (bicyclic) bond motifs is 1. The molecule has 3 aromatic rings. The fourth-order valence-corrected chi connectivity index (χ4v) is 3.36. The number of nitrogens with one attached hydrogen (secondary N) is 1. The Morgan fingerprint density at radius 3 is 2.64 bits per heavy atom. The van der Waals surface area contributed by atoms with Gasteiger partial charge >= 0.3 is 12.1 Å². The molecular weight excluding hydrogens is 377 g/mol. The molecule has 0 spiro atoms. The summed E-state index contributed by atoms with van der Waals surface area (Å²) in [5, 5.41) is 7.48. The first-order valence-corrected chi connectivity index (χ1v) is 8.72. The molecule has 0 radical (unpaired) electrons. The molecule has 3 heterocycles. The maximum Gasteiger partial charge on any atom is 0.470 e. The lowest BCUT2D eigenvalue weighted by molar-refractivity contribution is -0.157. The van der Waals surface area contributed by atoms with E-state index in [4.69, 9.17) is 9.15 Å². The second-order valence-electron chi connectivity index (χ2n) is 6.65. The molecule has 1 N–H and O–H groups in total. The van der Waals surface area contributed by atoms with Gasteiger partial charge in [0.25, 0.3) is 5.91 Å². The maximum atomic E-state index is 12.8. The summed E-state index contributed by atoms with van der Waals surface area (Å²) in [6.07, 6.45) is -3.74. The minimum atomic E-state index is -4.65. The zero-order chi connectivity index (χ0) is 19.9. The molecule has 10 heteroatoms. The van der Waals surface area contributed by atoms with E-state index in [1.807, 2.05) is 18.2 Å². The van der Waals surface area contributed by atoms with Crippen LogP contribution < -0.4 is 4.74 Å². The van der Waals surface area contributed by atoms with Crippen LogP contribution in [0.3, 0.4) is 0 Å². The number of amides is 1. The van der Waals surface area contributed by atoms with Crippen molar-refractivity contribution in [3.63, 3.8) is 0 Å². The molecule has 0 aliphatic carbocycles. The Labute approximate surface area is 157 Å². The Balaban J connectivity index is 1.43. The third-order valence-electron chi connectivity index (χ3n) is 4.87. The molecule has 0 bridgehead atoms. The number of aromatic amines is 1. The maximum absolute atomic E-state index is 12.8. The second kappa shape index (κ2) is 6.84. The van der Waals surface area contributed by atoms with Crippen molar-refractivity contribution in [3.05, 3.63) is 41.7 Å². The first-order valence-electron chi connectivity index (χ1n) is 8.72. The highest BCUT2D eigenvalue weighted by atomic mass is 19.4. The smallest absolute Gasteiger partial charge is 0.470 e. The monoisotopic (exact) mass is 394 g/mol. The predicted molar refractivity (Wildman–Crippen MR) is 92.0 cm³/mol. The fourth-order valence-electron chi connectivity index (χ4n) is 3.36. The fraction of sp³-hybridized carbons (Fsp3) is 0.389. The highest BCUT2D eigenvalue weighted by molar-refractivity contribution is 5.98. The van der Waals surface area contributed by atoms with Crippen LogP contribution in [0.15, 0.2) is 28.7 Å². The van der Waals surface area contributed by atoms with E-state index >= 15 is 0 Å². The van der Waals surface area contributed by atoms with Gasteiger partial charge in [0.1, 0.15) is 11.4 Å². The Bertz CT molecular complexity index is 1000. The van der Waals surface area contributed by atoms with Crippen LogP contribution in [0.2, 0.25) is 0 Å². The number of likely N-dealkylation sites (tertiary alicyclic amines) is 1. The van der Waals surface area contributed by atoms with E-state index in [0.29, 0.717) is 37.4 Å². The van der Waals surface area contributed by atoms with Gasteiger partial charge < -0.3 is 19.0 Å². The number of aromatic nitrogens is 3. The van der Waals surface area contributed by atoms with E-state index in [1.54, 1.807) is 18.1 Å². The summed E-state index contributed by atoms with van der Waals surface area (Å²) < 4.78 is 47.7. The van der Waals surface area contributed by atoms with Gasteiger partial charge in [0, 0.05) is 36.0 Å². The number of alkyl halides is 3. The van der Waals surface area contributed by atoms with Crippen LogP contribution in [0.5, 0.6) is 5.75 Å². The molecule has 28 heavy (non-hydrogen) atoms. The van der Waals surface area contributed by atoms with Crippen LogP contribution in [-0.2, 0) is 6.18 Å². The number of carbonyl (C=O) groups is 1. The average molecular weight is 394 g/mol. The van der Waals surface area contributed by atoms with Crippen LogP contribution in [0.25, 0.3) is 10.9 Å². The summed E-state index contributed by atoms with van der Waals surface area (Å²) in [4.78, 5) is 17.5. The minimum absolute atomic E-state index is 0.0304. The number of nitrogens with zero attached hydrogens (tertiary/aromatic N) is 3. The number of hydrogen-bond donors (Lipinski definition) is 1. The van der Waals surface area contributed by atoms with Crippen molar-refractivity contribution in [3.8, 4) is 5.75 Å². The number of hydrogen-bond acceptors (Lipinski definition) is 5. The quantitative estimate of drug-likeness (QED) is 0.734. The van der Waals surface area contributed by atoms with Gasteiger partial charge in [-0.1, -0.05) is 0 Å². The number of halogens is 3. The lowest BCUT2D eigenvalue weighted by Crippen LogP contribution is -2.38. The highest BCUT2D eigenvalue weighted by Gasteiger charge is 2.39. The molecule has 2 aromatic heterocycles. The molecule has 0 saturated carbocycles. The second-order valence-corrected chi connectivity index (χ2v) is 6.65. The summed E-state index contributed by atoms with van der Waals surface area (Å²) in [6.45, 7) is 0.790. The van der Waals surface area contributed by atoms with Crippen LogP contribution in [0, 0.1) is 0 Å². The van der Waals surface area contributed by atoms with Crippen molar-refractivity contribution in [1.29, 1.82) is 0 Å². The normalized spacial score (nSPS) is 15.9. The highest BCUT2D eigenvalue weighted by Crippen LogP contribution is 2.33. The molecule has 1 aliphatic heterocycles. The van der Waals surface area contributed by atoms with Gasteiger partial charge in [0.2, 0.25) is 5.89 Å². The van der Waals surface area contributed by atoms with Gasteiger partial charge in [-0.25, -0.2) is 0 Å². The van der Waals surface area contributed by atoms with Gasteiger partial charge in [-0.15, -0.1) is 10.2 Å². The van der Waals surface area contributed by atoms with E-state index in [-0.39, 0.29) is 17.7 Å². The van der Waals surface area contributed by atoms with E-state index in [1.165, 1.54) is 0 Å². The number of ether oxygens (including phenoxy) is 1. The van der Waals surface area contributed by atoms with Crippen LogP contribution >= 0.6 is 0 Å². The van der Waals surface area contributed by atoms with Crippen molar-refractivity contribution >= 4 is 16.8 Å². The lowest BCUT2D eigenvalue weighted by atomic mass is 9.96. The lowest BCUT2D eigenvalue weighted by Gasteiger charge is -2.30. The summed E-state index contributed by atoms with van der Waals surface area (Å²) in [7, 11) is 1.57. The molecule has 1 amide bonds. The average Bonchev–Trinajstić information content (AvgIpc) is 3.34. The largest absolute Gasteiger partial charge is 0.497 e.